The fourth-order valence-corrected chi connectivity index (χ4v) is 4.13. The predicted molar refractivity (Wildman–Crippen MR) is 72.6 cm³/mol. The van der Waals surface area contributed by atoms with Gasteiger partial charge in [-0.3, -0.25) is 4.79 Å². The molecule has 1 aliphatic carbocycles. The van der Waals surface area contributed by atoms with Crippen LogP contribution in [-0.4, -0.2) is 43.8 Å². The molecule has 1 aromatic rings. The molecule has 3 rings (SSSR count). The van der Waals surface area contributed by atoms with Crippen LogP contribution in [0.15, 0.2) is 24.3 Å². The van der Waals surface area contributed by atoms with E-state index in [0.717, 1.165) is 12.8 Å². The maximum Gasteiger partial charge on any atom is 0.226 e. The van der Waals surface area contributed by atoms with Crippen LogP contribution in [0.2, 0.25) is 0 Å². The van der Waals surface area contributed by atoms with Crippen molar-refractivity contribution in [2.45, 2.75) is 12.8 Å². The zero-order valence-electron chi connectivity index (χ0n) is 10.7. The van der Waals surface area contributed by atoms with Gasteiger partial charge in [0.15, 0.2) is 9.84 Å². The van der Waals surface area contributed by atoms with E-state index in [9.17, 15) is 13.2 Å². The van der Waals surface area contributed by atoms with Crippen LogP contribution >= 0.6 is 0 Å². The number of hydrogen-bond acceptors (Lipinski definition) is 3. The molecule has 0 radical (unpaired) electrons. The molecule has 1 amide bonds. The summed E-state index contributed by atoms with van der Waals surface area (Å²) in [5, 5.41) is 0. The molecular weight excluding hydrogens is 262 g/mol. The highest BCUT2D eigenvalue weighted by molar-refractivity contribution is 7.91. The highest BCUT2D eigenvalue weighted by atomic mass is 32.2. The van der Waals surface area contributed by atoms with Crippen LogP contribution in [0.4, 0.5) is 0 Å². The van der Waals surface area contributed by atoms with Gasteiger partial charge in [0, 0.05) is 19.0 Å². The molecule has 1 saturated heterocycles. The molecule has 19 heavy (non-hydrogen) atoms. The highest BCUT2D eigenvalue weighted by Gasteiger charge is 2.33. The lowest BCUT2D eigenvalue weighted by Gasteiger charge is -2.29. The summed E-state index contributed by atoms with van der Waals surface area (Å²) in [6.07, 6.45) is 1.58. The van der Waals surface area contributed by atoms with Gasteiger partial charge in [-0.05, 0) is 24.0 Å². The monoisotopic (exact) mass is 279 g/mol. The summed E-state index contributed by atoms with van der Waals surface area (Å²) >= 11 is 0. The van der Waals surface area contributed by atoms with Crippen molar-refractivity contribution in [1.82, 2.24) is 4.90 Å². The van der Waals surface area contributed by atoms with Crippen LogP contribution in [0.5, 0.6) is 0 Å². The first-order valence-corrected chi connectivity index (χ1v) is 8.43. The Balaban J connectivity index is 1.67. The molecule has 1 heterocycles. The van der Waals surface area contributed by atoms with E-state index in [2.05, 4.69) is 12.1 Å². The smallest absolute Gasteiger partial charge is 0.226 e. The second kappa shape index (κ2) is 4.63. The van der Waals surface area contributed by atoms with Gasteiger partial charge in [0.1, 0.15) is 0 Å². The van der Waals surface area contributed by atoms with Crippen LogP contribution in [0.1, 0.15) is 11.1 Å². The average Bonchev–Trinajstić information content (AvgIpc) is 2.81. The summed E-state index contributed by atoms with van der Waals surface area (Å²) in [6.45, 7) is 0.710. The quantitative estimate of drug-likeness (QED) is 0.759. The number of benzene rings is 1. The first-order chi connectivity index (χ1) is 9.05. The summed E-state index contributed by atoms with van der Waals surface area (Å²) in [5.74, 6) is 0.334. The summed E-state index contributed by atoms with van der Waals surface area (Å²) in [4.78, 5) is 14.1. The van der Waals surface area contributed by atoms with Crippen molar-refractivity contribution in [2.75, 3.05) is 24.6 Å². The molecule has 0 unspecified atom stereocenters. The first kappa shape index (κ1) is 12.7. The van der Waals surface area contributed by atoms with E-state index in [1.54, 1.807) is 4.90 Å². The topological polar surface area (TPSA) is 54.5 Å². The molecule has 0 saturated carbocycles. The molecule has 102 valence electrons. The van der Waals surface area contributed by atoms with Crippen molar-refractivity contribution in [3.63, 3.8) is 0 Å². The fraction of sp³-hybridized carbons (Fsp3) is 0.500. The molecular formula is C14H17NO3S. The van der Waals surface area contributed by atoms with E-state index in [1.807, 2.05) is 12.1 Å². The molecule has 2 aliphatic rings. The van der Waals surface area contributed by atoms with Gasteiger partial charge in [-0.15, -0.1) is 0 Å². The number of nitrogens with zero attached hydrogens (tertiary/aromatic N) is 1. The normalized spacial score (nSPS) is 22.2. The van der Waals surface area contributed by atoms with Gasteiger partial charge < -0.3 is 4.90 Å². The van der Waals surface area contributed by atoms with Gasteiger partial charge in [0.2, 0.25) is 5.91 Å². The number of rotatable bonds is 1. The number of hydrogen-bond donors (Lipinski definition) is 0. The van der Waals surface area contributed by atoms with E-state index in [4.69, 9.17) is 0 Å². The zero-order valence-corrected chi connectivity index (χ0v) is 11.5. The average molecular weight is 279 g/mol. The SMILES string of the molecule is O=C(C1Cc2ccccc2C1)N1CCS(=O)(=O)CC1. The minimum atomic E-state index is -2.92. The van der Waals surface area contributed by atoms with E-state index in [0.29, 0.717) is 13.1 Å². The minimum Gasteiger partial charge on any atom is -0.340 e. The minimum absolute atomic E-state index is 0.00166. The van der Waals surface area contributed by atoms with E-state index >= 15 is 0 Å². The number of carbonyl (C=O) groups is 1. The Bertz CT molecular complexity index is 570. The second-order valence-corrected chi connectivity index (χ2v) is 7.65. The standard InChI is InChI=1S/C14H17NO3S/c16-14(15-5-7-19(17,18)8-6-15)13-9-11-3-1-2-4-12(11)10-13/h1-4,13H,5-10H2. The number of fused-ring (bicyclic) bond motifs is 1. The van der Waals surface area contributed by atoms with E-state index < -0.39 is 9.84 Å². The van der Waals surface area contributed by atoms with Gasteiger partial charge in [0.25, 0.3) is 0 Å². The van der Waals surface area contributed by atoms with E-state index in [-0.39, 0.29) is 23.3 Å². The van der Waals surface area contributed by atoms with Crippen LogP contribution in [-0.2, 0) is 27.5 Å². The Morgan fingerprint density at radius 3 is 2.11 bits per heavy atom. The van der Waals surface area contributed by atoms with Crippen molar-refractivity contribution in [2.24, 2.45) is 5.92 Å². The molecule has 0 N–H and O–H groups in total. The highest BCUT2D eigenvalue weighted by Crippen LogP contribution is 2.28. The molecule has 0 spiro atoms. The molecule has 1 fully saturated rings. The summed E-state index contributed by atoms with van der Waals surface area (Å²) < 4.78 is 22.8. The van der Waals surface area contributed by atoms with Crippen molar-refractivity contribution in [3.05, 3.63) is 35.4 Å². The second-order valence-electron chi connectivity index (χ2n) is 5.35. The van der Waals surface area contributed by atoms with Crippen molar-refractivity contribution in [3.8, 4) is 0 Å². The molecule has 1 aliphatic heterocycles. The predicted octanol–water partition coefficient (Wildman–Crippen LogP) is 0.658. The third-order valence-electron chi connectivity index (χ3n) is 4.06. The lowest BCUT2D eigenvalue weighted by Crippen LogP contribution is -2.46. The Hall–Kier alpha value is -1.36. The van der Waals surface area contributed by atoms with E-state index in [1.165, 1.54) is 11.1 Å². The Morgan fingerprint density at radius 1 is 1.05 bits per heavy atom. The van der Waals surface area contributed by atoms with Gasteiger partial charge in [-0.25, -0.2) is 8.42 Å². The largest absolute Gasteiger partial charge is 0.340 e. The van der Waals surface area contributed by atoms with Crippen molar-refractivity contribution >= 4 is 15.7 Å². The molecule has 5 heteroatoms. The zero-order chi connectivity index (χ0) is 13.5. The van der Waals surface area contributed by atoms with Gasteiger partial charge in [0.05, 0.1) is 11.5 Å². The van der Waals surface area contributed by atoms with Gasteiger partial charge >= 0.3 is 0 Å². The Morgan fingerprint density at radius 2 is 1.58 bits per heavy atom. The molecule has 0 aromatic heterocycles. The van der Waals surface area contributed by atoms with Crippen LogP contribution < -0.4 is 0 Å². The lowest BCUT2D eigenvalue weighted by atomic mass is 10.0. The fourth-order valence-electron chi connectivity index (χ4n) is 2.92. The summed E-state index contributed by atoms with van der Waals surface area (Å²) in [7, 11) is -2.92. The maximum absolute atomic E-state index is 12.4. The molecule has 4 nitrogen and oxygen atoms in total. The molecule has 1 aromatic carbocycles. The molecule has 0 atom stereocenters. The summed E-state index contributed by atoms with van der Waals surface area (Å²) in [5.41, 5.74) is 2.51. The Kier molecular flexibility index (Phi) is 3.09. The Labute approximate surface area is 113 Å². The third kappa shape index (κ3) is 2.52. The van der Waals surface area contributed by atoms with Crippen molar-refractivity contribution in [1.29, 1.82) is 0 Å². The van der Waals surface area contributed by atoms with Gasteiger partial charge in [-0.2, -0.15) is 0 Å². The van der Waals surface area contributed by atoms with Crippen LogP contribution in [0.25, 0.3) is 0 Å². The van der Waals surface area contributed by atoms with Gasteiger partial charge in [-0.1, -0.05) is 24.3 Å². The summed E-state index contributed by atoms with van der Waals surface area (Å²) in [6, 6.07) is 8.14. The third-order valence-corrected chi connectivity index (χ3v) is 5.67. The molecule has 0 bridgehead atoms. The number of carbonyl (C=O) groups excluding carboxylic acids is 1. The van der Waals surface area contributed by atoms with Crippen LogP contribution in [0.3, 0.4) is 0 Å². The maximum atomic E-state index is 12.4. The number of sulfone groups is 1. The first-order valence-electron chi connectivity index (χ1n) is 6.61. The lowest BCUT2D eigenvalue weighted by molar-refractivity contribution is -0.134. The van der Waals surface area contributed by atoms with Crippen LogP contribution in [0, 0.1) is 5.92 Å². The van der Waals surface area contributed by atoms with Crippen molar-refractivity contribution < 1.29 is 13.2 Å². The number of amides is 1.